The van der Waals surface area contributed by atoms with Crippen molar-refractivity contribution in [3.05, 3.63) is 140 Å². The van der Waals surface area contributed by atoms with Crippen LogP contribution in [0.15, 0.2) is 159 Å². The van der Waals surface area contributed by atoms with Crippen molar-refractivity contribution in [2.24, 2.45) is 0 Å². The molecular weight excluding hydrogens is 539 g/mol. The van der Waals surface area contributed by atoms with Gasteiger partial charge in [0.15, 0.2) is 8.07 Å². The number of benzene rings is 6. The zero-order valence-corrected chi connectivity index (χ0v) is 24.2. The highest BCUT2D eigenvalue weighted by Crippen LogP contribution is 2.44. The van der Waals surface area contributed by atoms with Crippen molar-refractivity contribution in [2.75, 3.05) is 0 Å². The van der Waals surface area contributed by atoms with Gasteiger partial charge in [-0.1, -0.05) is 127 Å². The Kier molecular flexibility index (Phi) is 4.86. The molecule has 4 heteroatoms. The Morgan fingerprint density at radius 2 is 0.925 bits per heavy atom. The van der Waals surface area contributed by atoms with E-state index >= 15 is 0 Å². The van der Waals surface area contributed by atoms with Crippen molar-refractivity contribution in [3.8, 4) is 5.69 Å². The Balaban J connectivity index is 1.43. The van der Waals surface area contributed by atoms with Gasteiger partial charge in [-0.25, -0.2) is 0 Å². The van der Waals surface area contributed by atoms with Crippen LogP contribution in [0, 0.1) is 0 Å². The molecule has 0 amide bonds. The molecule has 0 unspecified atom stereocenters. The quantitative estimate of drug-likeness (QED) is 0.208. The molecule has 0 aliphatic carbocycles. The van der Waals surface area contributed by atoms with Crippen LogP contribution in [0.5, 0.6) is 0 Å². The van der Waals surface area contributed by atoms with Gasteiger partial charge in [0.05, 0.1) is 11.0 Å². The molecule has 1 nitrogen and oxygen atoms in total. The minimum atomic E-state index is -2.52. The van der Waals surface area contributed by atoms with Gasteiger partial charge in [0.2, 0.25) is 0 Å². The number of nitrogens with zero attached hydrogens (tertiary/aromatic N) is 1. The number of aromatic nitrogens is 1. The summed E-state index contributed by atoms with van der Waals surface area (Å²) in [5.41, 5.74) is 3.75. The number of rotatable bonds is 2. The first-order valence-corrected chi connectivity index (χ1v) is 17.2. The van der Waals surface area contributed by atoms with Gasteiger partial charge >= 0.3 is 0 Å². The molecule has 2 aliphatic rings. The molecule has 2 aliphatic heterocycles. The SMILES string of the molecule is c1ccc([Si]23c4ccccc4Sc4cc(-n5c6ccccc6c6ccccc65)cc(c42)Sc2ccccc23)cc1. The van der Waals surface area contributed by atoms with E-state index in [1.807, 2.05) is 23.5 Å². The van der Waals surface area contributed by atoms with Crippen molar-refractivity contribution < 1.29 is 0 Å². The Bertz CT molecular complexity index is 2010. The summed E-state index contributed by atoms with van der Waals surface area (Å²) in [6.45, 7) is 0. The molecule has 0 bridgehead atoms. The van der Waals surface area contributed by atoms with Crippen molar-refractivity contribution >= 4 is 74.2 Å². The van der Waals surface area contributed by atoms with Crippen LogP contribution in [0.3, 0.4) is 0 Å². The highest BCUT2D eigenvalue weighted by Gasteiger charge is 2.51. The van der Waals surface area contributed by atoms with Gasteiger partial charge in [0.25, 0.3) is 0 Å². The first kappa shape index (κ1) is 22.8. The summed E-state index contributed by atoms with van der Waals surface area (Å²) in [6.07, 6.45) is 0. The Morgan fingerprint density at radius 1 is 0.450 bits per heavy atom. The molecule has 0 radical (unpaired) electrons. The summed E-state index contributed by atoms with van der Waals surface area (Å²) in [4.78, 5) is 5.56. The highest BCUT2D eigenvalue weighted by atomic mass is 32.2. The number of hydrogen-bond donors (Lipinski definition) is 0. The maximum atomic E-state index is 2.47. The molecule has 0 atom stereocenters. The normalized spacial score (nSPS) is 14.5. The second-order valence-electron chi connectivity index (χ2n) is 10.5. The smallest absolute Gasteiger partial charge is 0.184 e. The molecule has 40 heavy (non-hydrogen) atoms. The fraction of sp³-hybridized carbons (Fsp3) is 0. The Labute approximate surface area is 242 Å². The van der Waals surface area contributed by atoms with Crippen molar-refractivity contribution in [1.29, 1.82) is 0 Å². The predicted molar refractivity (Wildman–Crippen MR) is 173 cm³/mol. The lowest BCUT2D eigenvalue weighted by atomic mass is 10.2. The summed E-state index contributed by atoms with van der Waals surface area (Å²) >= 11 is 3.90. The van der Waals surface area contributed by atoms with Crippen LogP contribution in [-0.2, 0) is 0 Å². The topological polar surface area (TPSA) is 4.93 Å². The van der Waals surface area contributed by atoms with Crippen molar-refractivity contribution in [3.63, 3.8) is 0 Å². The first-order chi connectivity index (χ1) is 19.8. The minimum Gasteiger partial charge on any atom is -0.309 e. The molecular formula is C36H23NS2Si. The monoisotopic (exact) mass is 561 g/mol. The average molecular weight is 562 g/mol. The number of fused-ring (bicyclic) bond motifs is 7. The minimum absolute atomic E-state index is 1.24. The maximum Gasteiger partial charge on any atom is 0.184 e. The van der Waals surface area contributed by atoms with E-state index < -0.39 is 8.07 Å². The maximum absolute atomic E-state index is 2.52. The third-order valence-electron chi connectivity index (χ3n) is 8.49. The van der Waals surface area contributed by atoms with E-state index in [0.29, 0.717) is 0 Å². The van der Waals surface area contributed by atoms with E-state index in [9.17, 15) is 0 Å². The molecule has 1 aromatic heterocycles. The molecule has 7 aromatic rings. The zero-order valence-electron chi connectivity index (χ0n) is 21.5. The molecule has 188 valence electrons. The Morgan fingerprint density at radius 3 is 1.50 bits per heavy atom. The van der Waals surface area contributed by atoms with Gasteiger partial charge in [-0.15, -0.1) is 0 Å². The summed E-state index contributed by atoms with van der Waals surface area (Å²) in [6, 6.07) is 52.2. The summed E-state index contributed by atoms with van der Waals surface area (Å²) in [7, 11) is -2.52. The standard InChI is InChI=1S/C36H23NS2Si/c1-2-12-25(13-3-1)40-34-20-10-8-18-30(34)38-32-22-24(23-33(36(32)40)39-31-19-9-11-21-35(31)40)37-28-16-6-4-14-26(28)27-15-5-7-17-29(27)37/h1-23H. The van der Waals surface area contributed by atoms with Crippen LogP contribution in [0.25, 0.3) is 27.5 Å². The summed E-state index contributed by atoms with van der Waals surface area (Å²) < 4.78 is 2.47. The van der Waals surface area contributed by atoms with Gasteiger partial charge in [0.1, 0.15) is 0 Å². The van der Waals surface area contributed by atoms with Crippen LogP contribution < -0.4 is 20.7 Å². The van der Waals surface area contributed by atoms with E-state index in [1.165, 1.54) is 62.6 Å². The fourth-order valence-corrected chi connectivity index (χ4v) is 16.3. The second kappa shape index (κ2) is 8.52. The van der Waals surface area contributed by atoms with Crippen LogP contribution in [0.2, 0.25) is 0 Å². The van der Waals surface area contributed by atoms with Gasteiger partial charge < -0.3 is 4.57 Å². The largest absolute Gasteiger partial charge is 0.309 e. The van der Waals surface area contributed by atoms with Crippen molar-refractivity contribution in [1.82, 2.24) is 4.57 Å². The molecule has 0 fully saturated rings. The van der Waals surface area contributed by atoms with Gasteiger partial charge in [-0.05, 0) is 57.1 Å². The summed E-state index contributed by atoms with van der Waals surface area (Å²) in [5, 5.41) is 8.63. The van der Waals surface area contributed by atoms with E-state index in [1.54, 1.807) is 5.19 Å². The molecule has 0 saturated carbocycles. The molecule has 9 rings (SSSR count). The molecule has 6 aromatic carbocycles. The molecule has 0 N–H and O–H groups in total. The van der Waals surface area contributed by atoms with Gasteiger partial charge in [-0.3, -0.25) is 0 Å². The third kappa shape index (κ3) is 2.96. The highest BCUT2D eigenvalue weighted by molar-refractivity contribution is 8.01. The van der Waals surface area contributed by atoms with E-state index in [2.05, 4.69) is 144 Å². The van der Waals surface area contributed by atoms with E-state index in [0.717, 1.165) is 0 Å². The molecule has 3 heterocycles. The van der Waals surface area contributed by atoms with E-state index in [-0.39, 0.29) is 0 Å². The fourth-order valence-electron chi connectivity index (χ4n) is 6.96. The Hall–Kier alpha value is -3.96. The first-order valence-electron chi connectivity index (χ1n) is 13.6. The zero-order chi connectivity index (χ0) is 26.3. The van der Waals surface area contributed by atoms with Crippen LogP contribution in [0.4, 0.5) is 0 Å². The second-order valence-corrected chi connectivity index (χ2v) is 16.3. The van der Waals surface area contributed by atoms with Crippen molar-refractivity contribution in [2.45, 2.75) is 19.6 Å². The number of hydrogen-bond acceptors (Lipinski definition) is 2. The summed E-state index contributed by atoms with van der Waals surface area (Å²) in [5.74, 6) is 0. The molecule has 0 saturated heterocycles. The van der Waals surface area contributed by atoms with Gasteiger partial charge in [-0.2, -0.15) is 0 Å². The van der Waals surface area contributed by atoms with Crippen LogP contribution >= 0.6 is 23.5 Å². The lowest BCUT2D eigenvalue weighted by Gasteiger charge is -2.44. The van der Waals surface area contributed by atoms with E-state index in [4.69, 9.17) is 0 Å². The lowest BCUT2D eigenvalue weighted by Crippen LogP contribution is -2.78. The van der Waals surface area contributed by atoms with Crippen LogP contribution in [-0.4, -0.2) is 12.6 Å². The molecule has 0 spiro atoms. The van der Waals surface area contributed by atoms with Crippen LogP contribution in [0.1, 0.15) is 0 Å². The number of para-hydroxylation sites is 2. The predicted octanol–water partition coefficient (Wildman–Crippen LogP) is 7.09. The lowest BCUT2D eigenvalue weighted by molar-refractivity contribution is 1.14. The third-order valence-corrected chi connectivity index (χ3v) is 16.4. The average Bonchev–Trinajstić information content (AvgIpc) is 3.35. The van der Waals surface area contributed by atoms with Gasteiger partial charge in [0, 0.05) is 36.0 Å².